The maximum absolute atomic E-state index is 13.1. The highest BCUT2D eigenvalue weighted by atomic mass is 79.9. The monoisotopic (exact) mass is 323 g/mol. The molecule has 0 aliphatic rings. The van der Waals surface area contributed by atoms with Gasteiger partial charge in [0.1, 0.15) is 5.82 Å². The number of benzene rings is 1. The molecule has 1 heterocycles. The van der Waals surface area contributed by atoms with Gasteiger partial charge in [0.05, 0.1) is 6.04 Å². The lowest BCUT2D eigenvalue weighted by Gasteiger charge is -2.18. The van der Waals surface area contributed by atoms with Crippen LogP contribution in [0.25, 0.3) is 0 Å². The standard InChI is InChI=1S/C14H15BrFN3/c1-9-4-5-18-8-12(9)14(19-17)6-10-2-3-11(16)7-13(10)15/h2-5,7-8,14,19H,6,17H2,1H3. The van der Waals surface area contributed by atoms with Gasteiger partial charge in [0.2, 0.25) is 0 Å². The van der Waals surface area contributed by atoms with Crippen molar-refractivity contribution >= 4 is 15.9 Å². The number of halogens is 2. The first-order chi connectivity index (χ1) is 9.11. The third-order valence-corrected chi connectivity index (χ3v) is 3.83. The van der Waals surface area contributed by atoms with Crippen molar-refractivity contribution in [3.8, 4) is 0 Å². The number of nitrogens with zero attached hydrogens (tertiary/aromatic N) is 1. The van der Waals surface area contributed by atoms with Crippen LogP contribution in [0.15, 0.2) is 41.1 Å². The fourth-order valence-corrected chi connectivity index (χ4v) is 2.52. The molecule has 2 aromatic rings. The molecular weight excluding hydrogens is 309 g/mol. The predicted octanol–water partition coefficient (Wildman–Crippen LogP) is 3.04. The van der Waals surface area contributed by atoms with Crippen molar-refractivity contribution in [1.29, 1.82) is 0 Å². The van der Waals surface area contributed by atoms with Crippen LogP contribution < -0.4 is 11.3 Å². The molecule has 0 radical (unpaired) electrons. The molecule has 0 bridgehead atoms. The maximum atomic E-state index is 13.1. The van der Waals surface area contributed by atoms with Crippen molar-refractivity contribution in [2.45, 2.75) is 19.4 Å². The lowest BCUT2D eigenvalue weighted by molar-refractivity contribution is 0.545. The molecule has 1 aromatic carbocycles. The molecule has 0 aliphatic heterocycles. The van der Waals surface area contributed by atoms with Gasteiger partial charge in [0, 0.05) is 16.9 Å². The van der Waals surface area contributed by atoms with Crippen LogP contribution in [0.1, 0.15) is 22.7 Å². The minimum Gasteiger partial charge on any atom is -0.271 e. The molecule has 1 atom stereocenters. The SMILES string of the molecule is Cc1ccncc1C(Cc1ccc(F)cc1Br)NN. The number of rotatable bonds is 4. The molecule has 0 saturated carbocycles. The van der Waals surface area contributed by atoms with Crippen molar-refractivity contribution in [1.82, 2.24) is 10.4 Å². The Morgan fingerprint density at radius 1 is 1.42 bits per heavy atom. The molecule has 100 valence electrons. The molecule has 0 spiro atoms. The summed E-state index contributed by atoms with van der Waals surface area (Å²) in [6.07, 6.45) is 4.21. The molecule has 1 unspecified atom stereocenters. The average molecular weight is 324 g/mol. The smallest absolute Gasteiger partial charge is 0.124 e. The third kappa shape index (κ3) is 3.37. The molecule has 19 heavy (non-hydrogen) atoms. The first kappa shape index (κ1) is 14.1. The summed E-state index contributed by atoms with van der Waals surface area (Å²) in [4.78, 5) is 4.13. The maximum Gasteiger partial charge on any atom is 0.124 e. The van der Waals surface area contributed by atoms with E-state index >= 15 is 0 Å². The van der Waals surface area contributed by atoms with Crippen LogP contribution in [0.2, 0.25) is 0 Å². The number of hydrazine groups is 1. The van der Waals surface area contributed by atoms with Crippen LogP contribution in [0.5, 0.6) is 0 Å². The highest BCUT2D eigenvalue weighted by molar-refractivity contribution is 9.10. The fourth-order valence-electron chi connectivity index (χ4n) is 2.01. The highest BCUT2D eigenvalue weighted by Gasteiger charge is 2.14. The van der Waals surface area contributed by atoms with Gasteiger partial charge in [-0.05, 0) is 48.2 Å². The molecular formula is C14H15BrFN3. The first-order valence-electron chi connectivity index (χ1n) is 5.92. The summed E-state index contributed by atoms with van der Waals surface area (Å²) in [6.45, 7) is 2.01. The Hall–Kier alpha value is -1.30. The van der Waals surface area contributed by atoms with E-state index in [2.05, 4.69) is 26.3 Å². The minimum absolute atomic E-state index is 0.0598. The Balaban J connectivity index is 2.27. The van der Waals surface area contributed by atoms with E-state index in [-0.39, 0.29) is 11.9 Å². The van der Waals surface area contributed by atoms with Crippen LogP contribution in [-0.4, -0.2) is 4.98 Å². The Bertz CT molecular complexity index is 574. The van der Waals surface area contributed by atoms with E-state index in [4.69, 9.17) is 5.84 Å². The predicted molar refractivity (Wildman–Crippen MR) is 76.8 cm³/mol. The van der Waals surface area contributed by atoms with Crippen LogP contribution in [0.3, 0.4) is 0 Å². The number of aryl methyl sites for hydroxylation is 1. The summed E-state index contributed by atoms with van der Waals surface area (Å²) in [5, 5.41) is 0. The van der Waals surface area contributed by atoms with Crippen LogP contribution in [0.4, 0.5) is 4.39 Å². The van der Waals surface area contributed by atoms with Gasteiger partial charge in [0.25, 0.3) is 0 Å². The molecule has 3 N–H and O–H groups in total. The number of hydrogen-bond donors (Lipinski definition) is 2. The van der Waals surface area contributed by atoms with E-state index in [1.807, 2.05) is 13.0 Å². The Kier molecular flexibility index (Phi) is 4.63. The molecule has 1 aromatic heterocycles. The van der Waals surface area contributed by atoms with Crippen LogP contribution >= 0.6 is 15.9 Å². The lowest BCUT2D eigenvalue weighted by Crippen LogP contribution is -2.30. The number of nitrogens with one attached hydrogen (secondary N) is 1. The van der Waals surface area contributed by atoms with E-state index < -0.39 is 0 Å². The largest absolute Gasteiger partial charge is 0.271 e. The zero-order chi connectivity index (χ0) is 13.8. The summed E-state index contributed by atoms with van der Waals surface area (Å²) in [7, 11) is 0. The Morgan fingerprint density at radius 2 is 2.21 bits per heavy atom. The summed E-state index contributed by atoms with van der Waals surface area (Å²) in [6, 6.07) is 6.55. The van der Waals surface area contributed by atoms with Crippen LogP contribution in [0, 0.1) is 12.7 Å². The van der Waals surface area contributed by atoms with Gasteiger partial charge in [-0.1, -0.05) is 22.0 Å². The van der Waals surface area contributed by atoms with Crippen molar-refractivity contribution in [2.24, 2.45) is 5.84 Å². The summed E-state index contributed by atoms with van der Waals surface area (Å²) in [5.74, 6) is 5.38. The summed E-state index contributed by atoms with van der Waals surface area (Å²) >= 11 is 3.37. The molecule has 0 saturated heterocycles. The van der Waals surface area contributed by atoms with Crippen molar-refractivity contribution in [3.63, 3.8) is 0 Å². The summed E-state index contributed by atoms with van der Waals surface area (Å²) < 4.78 is 13.8. The highest BCUT2D eigenvalue weighted by Crippen LogP contribution is 2.25. The van der Waals surface area contributed by atoms with Crippen molar-refractivity contribution in [3.05, 3.63) is 63.6 Å². The topological polar surface area (TPSA) is 50.9 Å². The first-order valence-corrected chi connectivity index (χ1v) is 6.71. The molecule has 0 amide bonds. The van der Waals surface area contributed by atoms with E-state index in [1.54, 1.807) is 18.5 Å². The van der Waals surface area contributed by atoms with Gasteiger partial charge in [-0.15, -0.1) is 0 Å². The molecule has 0 fully saturated rings. The van der Waals surface area contributed by atoms with Crippen molar-refractivity contribution in [2.75, 3.05) is 0 Å². The molecule has 3 nitrogen and oxygen atoms in total. The second kappa shape index (κ2) is 6.23. The second-order valence-corrected chi connectivity index (χ2v) is 5.25. The number of pyridine rings is 1. The van der Waals surface area contributed by atoms with E-state index in [1.165, 1.54) is 12.1 Å². The average Bonchev–Trinajstić information content (AvgIpc) is 2.39. The normalized spacial score (nSPS) is 12.4. The van der Waals surface area contributed by atoms with Gasteiger partial charge in [0.15, 0.2) is 0 Å². The third-order valence-electron chi connectivity index (χ3n) is 3.10. The molecule has 5 heteroatoms. The van der Waals surface area contributed by atoms with Gasteiger partial charge in [-0.2, -0.15) is 0 Å². The zero-order valence-electron chi connectivity index (χ0n) is 10.5. The van der Waals surface area contributed by atoms with Crippen LogP contribution in [-0.2, 0) is 6.42 Å². The van der Waals surface area contributed by atoms with Crippen molar-refractivity contribution < 1.29 is 4.39 Å². The van der Waals surface area contributed by atoms with E-state index in [0.717, 1.165) is 21.2 Å². The molecule has 0 aliphatic carbocycles. The zero-order valence-corrected chi connectivity index (χ0v) is 12.1. The minimum atomic E-state index is -0.259. The fraction of sp³-hybridized carbons (Fsp3) is 0.214. The van der Waals surface area contributed by atoms with Gasteiger partial charge < -0.3 is 0 Å². The van der Waals surface area contributed by atoms with Gasteiger partial charge in [-0.3, -0.25) is 16.3 Å². The van der Waals surface area contributed by atoms with Gasteiger partial charge >= 0.3 is 0 Å². The van der Waals surface area contributed by atoms with E-state index in [9.17, 15) is 4.39 Å². The number of nitrogens with two attached hydrogens (primary N) is 1. The second-order valence-electron chi connectivity index (χ2n) is 4.39. The summed E-state index contributed by atoms with van der Waals surface area (Å²) in [5.41, 5.74) is 5.95. The Labute approximate surface area is 120 Å². The molecule has 2 rings (SSSR count). The Morgan fingerprint density at radius 3 is 2.84 bits per heavy atom. The lowest BCUT2D eigenvalue weighted by atomic mass is 9.97. The number of hydrogen-bond acceptors (Lipinski definition) is 3. The van der Waals surface area contributed by atoms with Gasteiger partial charge in [-0.25, -0.2) is 4.39 Å². The quantitative estimate of drug-likeness (QED) is 0.671. The number of aromatic nitrogens is 1. The van der Waals surface area contributed by atoms with E-state index in [0.29, 0.717) is 6.42 Å².